The standard InChI is InChI=1S/C25H44O3/c1-3-5-7-9-10-11-12-13-14-15-16-18-22-27-25-21-20-24(28-25)23(26)19-17-8-6-4-2/h20-21H,3-19,22H2,1-2H3. The maximum atomic E-state index is 12.1. The molecule has 3 heteroatoms. The van der Waals surface area contributed by atoms with Gasteiger partial charge in [-0.05, 0) is 18.9 Å². The summed E-state index contributed by atoms with van der Waals surface area (Å²) in [4.78, 5) is 12.1. The molecular formula is C25H44O3. The fourth-order valence-corrected chi connectivity index (χ4v) is 3.50. The van der Waals surface area contributed by atoms with Crippen LogP contribution in [0.5, 0.6) is 5.95 Å². The third-order valence-electron chi connectivity index (χ3n) is 5.36. The SMILES string of the molecule is CCCCCCCCCCCCCCOc1ccc(C(=O)CCCCCC)o1. The predicted molar refractivity (Wildman–Crippen MR) is 118 cm³/mol. The van der Waals surface area contributed by atoms with E-state index in [9.17, 15) is 4.79 Å². The van der Waals surface area contributed by atoms with Gasteiger partial charge in [-0.1, -0.05) is 104 Å². The molecule has 162 valence electrons. The molecule has 3 nitrogen and oxygen atoms in total. The first kappa shape index (κ1) is 24.8. The highest BCUT2D eigenvalue weighted by Gasteiger charge is 2.11. The number of furan rings is 1. The second kappa shape index (κ2) is 17.8. The zero-order valence-corrected chi connectivity index (χ0v) is 18.6. The number of hydrogen-bond acceptors (Lipinski definition) is 3. The van der Waals surface area contributed by atoms with Gasteiger partial charge in [0, 0.05) is 12.5 Å². The van der Waals surface area contributed by atoms with Crippen LogP contribution in [0, 0.1) is 0 Å². The molecule has 1 aromatic heterocycles. The second-order valence-electron chi connectivity index (χ2n) is 8.09. The van der Waals surface area contributed by atoms with Gasteiger partial charge < -0.3 is 9.15 Å². The van der Waals surface area contributed by atoms with Crippen LogP contribution in [0.25, 0.3) is 0 Å². The van der Waals surface area contributed by atoms with Gasteiger partial charge in [-0.2, -0.15) is 0 Å². The summed E-state index contributed by atoms with van der Waals surface area (Å²) in [5.41, 5.74) is 0. The van der Waals surface area contributed by atoms with Crippen molar-refractivity contribution in [1.82, 2.24) is 0 Å². The van der Waals surface area contributed by atoms with Crippen molar-refractivity contribution in [2.75, 3.05) is 6.61 Å². The molecule has 1 heterocycles. The molecule has 0 atom stereocenters. The number of carbonyl (C=O) groups excluding carboxylic acids is 1. The van der Waals surface area contributed by atoms with E-state index in [1.807, 2.05) is 0 Å². The van der Waals surface area contributed by atoms with Gasteiger partial charge in [0.05, 0.1) is 6.61 Å². The van der Waals surface area contributed by atoms with Crippen LogP contribution in [0.3, 0.4) is 0 Å². The molecule has 0 aliphatic heterocycles. The van der Waals surface area contributed by atoms with Crippen molar-refractivity contribution in [1.29, 1.82) is 0 Å². The van der Waals surface area contributed by atoms with Gasteiger partial charge in [-0.25, -0.2) is 0 Å². The second-order valence-corrected chi connectivity index (χ2v) is 8.09. The number of unbranched alkanes of at least 4 members (excludes halogenated alkanes) is 14. The van der Waals surface area contributed by atoms with E-state index in [-0.39, 0.29) is 5.78 Å². The highest BCUT2D eigenvalue weighted by Crippen LogP contribution is 2.19. The first-order valence-corrected chi connectivity index (χ1v) is 12.0. The van der Waals surface area contributed by atoms with Crippen LogP contribution in [-0.2, 0) is 0 Å². The summed E-state index contributed by atoms with van der Waals surface area (Å²) in [7, 11) is 0. The van der Waals surface area contributed by atoms with E-state index in [4.69, 9.17) is 9.15 Å². The Labute approximate surface area is 173 Å². The van der Waals surface area contributed by atoms with Crippen LogP contribution in [0.2, 0.25) is 0 Å². The topological polar surface area (TPSA) is 39.4 Å². The Morgan fingerprint density at radius 1 is 0.714 bits per heavy atom. The molecule has 0 fully saturated rings. The molecule has 0 N–H and O–H groups in total. The van der Waals surface area contributed by atoms with Gasteiger partial charge in [-0.3, -0.25) is 4.79 Å². The molecule has 28 heavy (non-hydrogen) atoms. The Bertz CT molecular complexity index is 478. The van der Waals surface area contributed by atoms with Crippen LogP contribution in [0.4, 0.5) is 0 Å². The van der Waals surface area contributed by atoms with E-state index >= 15 is 0 Å². The minimum absolute atomic E-state index is 0.0938. The summed E-state index contributed by atoms with van der Waals surface area (Å²) in [5.74, 6) is 1.03. The van der Waals surface area contributed by atoms with Crippen molar-refractivity contribution in [3.05, 3.63) is 17.9 Å². The normalized spacial score (nSPS) is 11.1. The average molecular weight is 393 g/mol. The summed E-state index contributed by atoms with van der Waals surface area (Å²) in [6.07, 6.45) is 21.1. The van der Waals surface area contributed by atoms with Gasteiger partial charge in [0.15, 0.2) is 11.5 Å². The first-order chi connectivity index (χ1) is 13.8. The number of Topliss-reactive ketones (excluding diaryl/α,β-unsaturated/α-hetero) is 1. The Hall–Kier alpha value is -1.25. The van der Waals surface area contributed by atoms with Crippen LogP contribution >= 0.6 is 0 Å². The van der Waals surface area contributed by atoms with E-state index in [1.54, 1.807) is 12.1 Å². The largest absolute Gasteiger partial charge is 0.465 e. The smallest absolute Gasteiger partial charge is 0.284 e. The zero-order valence-electron chi connectivity index (χ0n) is 18.6. The highest BCUT2D eigenvalue weighted by molar-refractivity contribution is 5.93. The van der Waals surface area contributed by atoms with Gasteiger partial charge >= 0.3 is 0 Å². The van der Waals surface area contributed by atoms with Crippen molar-refractivity contribution < 1.29 is 13.9 Å². The minimum atomic E-state index is 0.0938. The predicted octanol–water partition coefficient (Wildman–Crippen LogP) is 8.51. The summed E-state index contributed by atoms with van der Waals surface area (Å²) in [5, 5.41) is 0. The Balaban J connectivity index is 1.94. The maximum Gasteiger partial charge on any atom is 0.284 e. The van der Waals surface area contributed by atoms with E-state index in [0.29, 0.717) is 24.7 Å². The molecule has 0 amide bonds. The third-order valence-corrected chi connectivity index (χ3v) is 5.36. The summed E-state index contributed by atoms with van der Waals surface area (Å²) < 4.78 is 11.2. The first-order valence-electron chi connectivity index (χ1n) is 12.0. The summed E-state index contributed by atoms with van der Waals surface area (Å²) >= 11 is 0. The lowest BCUT2D eigenvalue weighted by molar-refractivity contribution is 0.0943. The Morgan fingerprint density at radius 3 is 1.79 bits per heavy atom. The molecule has 0 aliphatic carbocycles. The number of rotatable bonds is 20. The van der Waals surface area contributed by atoms with E-state index in [0.717, 1.165) is 19.3 Å². The molecule has 0 aromatic carbocycles. The van der Waals surface area contributed by atoms with Crippen LogP contribution in [-0.4, -0.2) is 12.4 Å². The quantitative estimate of drug-likeness (QED) is 0.165. The molecule has 0 aliphatic rings. The van der Waals surface area contributed by atoms with Crippen molar-refractivity contribution in [3.8, 4) is 5.95 Å². The molecule has 1 aromatic rings. The van der Waals surface area contributed by atoms with Crippen LogP contribution in [0.1, 0.15) is 134 Å². The van der Waals surface area contributed by atoms with E-state index in [1.165, 1.54) is 83.5 Å². The molecule has 0 saturated heterocycles. The molecule has 0 unspecified atom stereocenters. The number of carbonyl (C=O) groups is 1. The lowest BCUT2D eigenvalue weighted by atomic mass is 10.1. The fraction of sp³-hybridized carbons (Fsp3) is 0.800. The van der Waals surface area contributed by atoms with Gasteiger partial charge in [0.25, 0.3) is 5.95 Å². The van der Waals surface area contributed by atoms with Crippen LogP contribution in [0.15, 0.2) is 16.5 Å². The average Bonchev–Trinajstić information content (AvgIpc) is 3.18. The zero-order chi connectivity index (χ0) is 20.3. The minimum Gasteiger partial charge on any atom is -0.465 e. The van der Waals surface area contributed by atoms with Crippen molar-refractivity contribution in [2.24, 2.45) is 0 Å². The van der Waals surface area contributed by atoms with E-state index in [2.05, 4.69) is 13.8 Å². The monoisotopic (exact) mass is 392 g/mol. The number of hydrogen-bond donors (Lipinski definition) is 0. The Kier molecular flexibility index (Phi) is 15.8. The van der Waals surface area contributed by atoms with Crippen LogP contribution < -0.4 is 4.74 Å². The number of ether oxygens (including phenoxy) is 1. The lowest BCUT2D eigenvalue weighted by Crippen LogP contribution is -1.98. The lowest BCUT2D eigenvalue weighted by Gasteiger charge is -2.04. The van der Waals surface area contributed by atoms with Gasteiger partial charge in [0.1, 0.15) is 0 Å². The maximum absolute atomic E-state index is 12.1. The van der Waals surface area contributed by atoms with Gasteiger partial charge in [0.2, 0.25) is 0 Å². The molecule has 0 saturated carbocycles. The van der Waals surface area contributed by atoms with Gasteiger partial charge in [-0.15, -0.1) is 0 Å². The fourth-order valence-electron chi connectivity index (χ4n) is 3.50. The molecule has 1 rings (SSSR count). The molecule has 0 radical (unpaired) electrons. The van der Waals surface area contributed by atoms with Crippen molar-refractivity contribution in [2.45, 2.75) is 123 Å². The number of ketones is 1. The summed E-state index contributed by atoms with van der Waals surface area (Å²) in [6, 6.07) is 3.53. The molecular weight excluding hydrogens is 348 g/mol. The Morgan fingerprint density at radius 2 is 1.21 bits per heavy atom. The third kappa shape index (κ3) is 13.0. The van der Waals surface area contributed by atoms with Crippen molar-refractivity contribution in [3.63, 3.8) is 0 Å². The molecule has 0 spiro atoms. The van der Waals surface area contributed by atoms with E-state index < -0.39 is 0 Å². The molecule has 0 bridgehead atoms. The highest BCUT2D eigenvalue weighted by atomic mass is 16.6. The summed E-state index contributed by atoms with van der Waals surface area (Å²) in [6.45, 7) is 5.12. The van der Waals surface area contributed by atoms with Crippen molar-refractivity contribution >= 4 is 5.78 Å².